The topological polar surface area (TPSA) is 126 Å². The fourth-order valence-electron chi connectivity index (χ4n) is 5.32. The highest BCUT2D eigenvalue weighted by molar-refractivity contribution is 5.88. The Balaban J connectivity index is 1.50. The van der Waals surface area contributed by atoms with Crippen molar-refractivity contribution in [3.05, 3.63) is 137 Å². The van der Waals surface area contributed by atoms with Crippen LogP contribution < -0.4 is 4.74 Å². The van der Waals surface area contributed by atoms with Crippen LogP contribution in [0.2, 0.25) is 0 Å². The van der Waals surface area contributed by atoms with Gasteiger partial charge in [0.25, 0.3) is 0 Å². The van der Waals surface area contributed by atoms with Gasteiger partial charge in [0.15, 0.2) is 5.60 Å². The molecule has 204 valence electrons. The fourth-order valence-corrected chi connectivity index (χ4v) is 5.32. The second kappa shape index (κ2) is 10.7. The molecule has 1 N–H and O–H groups in total. The third-order valence-corrected chi connectivity index (χ3v) is 7.51. The highest BCUT2D eigenvalue weighted by Gasteiger charge is 2.37. The zero-order valence-corrected chi connectivity index (χ0v) is 22.9. The first kappa shape index (κ1) is 26.5. The molecule has 0 aliphatic carbocycles. The zero-order valence-electron chi connectivity index (χ0n) is 22.9. The maximum Gasteiger partial charge on any atom is 0.218 e. The van der Waals surface area contributed by atoms with Crippen molar-refractivity contribution in [1.82, 2.24) is 24.1 Å². The predicted octanol–water partition coefficient (Wildman–Crippen LogP) is 4.78. The number of methoxy groups -OCH3 is 1. The molecular formula is C33H25N7O2. The Morgan fingerprint density at radius 2 is 1.69 bits per heavy atom. The number of aliphatic hydroxyl groups is 1. The van der Waals surface area contributed by atoms with Crippen LogP contribution in [-0.2, 0) is 19.1 Å². The number of pyridine rings is 1. The van der Waals surface area contributed by atoms with Crippen LogP contribution >= 0.6 is 0 Å². The molecule has 9 nitrogen and oxygen atoms in total. The number of nitrogens with zero attached hydrogens (tertiary/aromatic N) is 7. The first-order chi connectivity index (χ1) is 20.5. The van der Waals surface area contributed by atoms with E-state index in [1.54, 1.807) is 86.2 Å². The van der Waals surface area contributed by atoms with Gasteiger partial charge in [0.1, 0.15) is 6.07 Å². The maximum absolute atomic E-state index is 12.4. The molecule has 3 aromatic carbocycles. The van der Waals surface area contributed by atoms with E-state index in [0.29, 0.717) is 56.7 Å². The van der Waals surface area contributed by atoms with Gasteiger partial charge in [0.2, 0.25) is 5.88 Å². The molecule has 9 heteroatoms. The fraction of sp³-hybridized carbons (Fsp3) is 0.121. The van der Waals surface area contributed by atoms with E-state index < -0.39 is 5.60 Å². The lowest BCUT2D eigenvalue weighted by molar-refractivity contribution is 0.117. The minimum Gasteiger partial charge on any atom is -0.481 e. The summed E-state index contributed by atoms with van der Waals surface area (Å²) in [7, 11) is 3.35. The number of rotatable bonds is 7. The van der Waals surface area contributed by atoms with Crippen LogP contribution in [0, 0.1) is 22.7 Å². The van der Waals surface area contributed by atoms with E-state index in [-0.39, 0.29) is 0 Å². The molecule has 0 fully saturated rings. The number of aryl methyl sites for hydroxylation is 1. The first-order valence-corrected chi connectivity index (χ1v) is 13.1. The van der Waals surface area contributed by atoms with Crippen LogP contribution in [0.15, 0.2) is 98.0 Å². The summed E-state index contributed by atoms with van der Waals surface area (Å²) in [5.41, 5.74) is 4.08. The number of fused-ring (bicyclic) bond motifs is 1. The van der Waals surface area contributed by atoms with Gasteiger partial charge >= 0.3 is 0 Å². The normalized spacial score (nSPS) is 12.4. The van der Waals surface area contributed by atoms with Gasteiger partial charge in [-0.05, 0) is 53.1 Å². The number of nitriles is 2. The third kappa shape index (κ3) is 4.44. The average Bonchev–Trinajstić information content (AvgIpc) is 3.73. The molecule has 0 bridgehead atoms. The molecule has 3 aromatic heterocycles. The molecule has 6 rings (SSSR count). The summed E-state index contributed by atoms with van der Waals surface area (Å²) in [6.45, 7) is 0. The monoisotopic (exact) mass is 551 g/mol. The Kier molecular flexibility index (Phi) is 6.71. The lowest BCUT2D eigenvalue weighted by atomic mass is 9.82. The van der Waals surface area contributed by atoms with Gasteiger partial charge in [0, 0.05) is 42.5 Å². The molecule has 0 saturated carbocycles. The molecule has 42 heavy (non-hydrogen) atoms. The van der Waals surface area contributed by atoms with Crippen LogP contribution in [-0.4, -0.2) is 36.3 Å². The minimum atomic E-state index is -1.62. The molecule has 3 heterocycles. The summed E-state index contributed by atoms with van der Waals surface area (Å²) in [5, 5.41) is 32.7. The number of benzene rings is 3. The third-order valence-electron chi connectivity index (χ3n) is 7.51. The van der Waals surface area contributed by atoms with Gasteiger partial charge in [-0.15, -0.1) is 0 Å². The number of aromatic nitrogens is 5. The van der Waals surface area contributed by atoms with E-state index >= 15 is 0 Å². The lowest BCUT2D eigenvalue weighted by Gasteiger charge is -2.30. The number of hydrogen-bond acceptors (Lipinski definition) is 7. The van der Waals surface area contributed by atoms with Crippen LogP contribution in [0.5, 0.6) is 5.88 Å². The van der Waals surface area contributed by atoms with Gasteiger partial charge in [-0.25, -0.2) is 15.0 Å². The van der Waals surface area contributed by atoms with E-state index in [4.69, 9.17) is 9.72 Å². The summed E-state index contributed by atoms with van der Waals surface area (Å²) in [6, 6.07) is 24.7. The Morgan fingerprint density at radius 1 is 0.929 bits per heavy atom. The molecule has 0 amide bonds. The van der Waals surface area contributed by atoms with Crippen LogP contribution in [0.3, 0.4) is 0 Å². The van der Waals surface area contributed by atoms with Crippen LogP contribution in [0.4, 0.5) is 0 Å². The molecular weight excluding hydrogens is 526 g/mol. The SMILES string of the molecule is COc1nc2ccc(C(O)(c3ccc(C#N)cc3)c3cncn3C)cc2c(C#N)c1Cc1ccc(-n2ccnc2)cc1. The molecule has 0 aliphatic rings. The molecule has 0 radical (unpaired) electrons. The minimum absolute atomic E-state index is 0.375. The van der Waals surface area contributed by atoms with Gasteiger partial charge in [-0.1, -0.05) is 30.3 Å². The Bertz CT molecular complexity index is 1980. The van der Waals surface area contributed by atoms with E-state index in [2.05, 4.69) is 22.1 Å². The van der Waals surface area contributed by atoms with Gasteiger partial charge in [0.05, 0.1) is 54.4 Å². The molecule has 1 atom stereocenters. The number of imidazole rings is 2. The van der Waals surface area contributed by atoms with Crippen molar-refractivity contribution in [3.63, 3.8) is 0 Å². The quantitative estimate of drug-likeness (QED) is 0.303. The van der Waals surface area contributed by atoms with Crippen molar-refractivity contribution in [3.8, 4) is 23.7 Å². The summed E-state index contributed by atoms with van der Waals surface area (Å²) in [4.78, 5) is 13.1. The van der Waals surface area contributed by atoms with Crippen molar-refractivity contribution in [2.45, 2.75) is 12.0 Å². The van der Waals surface area contributed by atoms with Crippen molar-refractivity contribution in [1.29, 1.82) is 10.5 Å². The van der Waals surface area contributed by atoms with Gasteiger partial charge in [-0.3, -0.25) is 0 Å². The van der Waals surface area contributed by atoms with E-state index in [9.17, 15) is 15.6 Å². The van der Waals surface area contributed by atoms with Crippen molar-refractivity contribution >= 4 is 10.9 Å². The standard InChI is InChI=1S/C33H25N7O2/c1-39-20-37-19-31(39)33(41,24-7-3-23(17-34)4-8-24)25-9-12-30-27(16-25)29(18-35)28(32(38-30)42-2)15-22-5-10-26(11-6-22)40-14-13-36-21-40/h3-14,16,19-21,41H,15H2,1-2H3. The van der Waals surface area contributed by atoms with E-state index in [1.807, 2.05) is 35.0 Å². The Morgan fingerprint density at radius 3 is 2.31 bits per heavy atom. The van der Waals surface area contributed by atoms with Crippen molar-refractivity contribution in [2.24, 2.45) is 7.05 Å². The predicted molar refractivity (Wildman–Crippen MR) is 156 cm³/mol. The largest absolute Gasteiger partial charge is 0.481 e. The second-order valence-electron chi connectivity index (χ2n) is 9.92. The number of ether oxygens (including phenoxy) is 1. The lowest BCUT2D eigenvalue weighted by Crippen LogP contribution is -2.31. The van der Waals surface area contributed by atoms with Crippen molar-refractivity contribution in [2.75, 3.05) is 7.11 Å². The second-order valence-corrected chi connectivity index (χ2v) is 9.92. The Hall–Kier alpha value is -5.77. The molecule has 0 spiro atoms. The summed E-state index contributed by atoms with van der Waals surface area (Å²) >= 11 is 0. The van der Waals surface area contributed by atoms with Gasteiger partial charge < -0.3 is 19.0 Å². The molecule has 6 aromatic rings. The molecule has 0 saturated heterocycles. The zero-order chi connectivity index (χ0) is 29.3. The van der Waals surface area contributed by atoms with Crippen LogP contribution in [0.25, 0.3) is 16.6 Å². The highest BCUT2D eigenvalue weighted by atomic mass is 16.5. The maximum atomic E-state index is 12.4. The molecule has 1 unspecified atom stereocenters. The summed E-state index contributed by atoms with van der Waals surface area (Å²) < 4.78 is 9.32. The molecule has 0 aliphatic heterocycles. The summed E-state index contributed by atoms with van der Waals surface area (Å²) in [5.74, 6) is 0.375. The highest BCUT2D eigenvalue weighted by Crippen LogP contribution is 2.39. The Labute approximate surface area is 242 Å². The van der Waals surface area contributed by atoms with E-state index in [1.165, 1.54) is 0 Å². The average molecular weight is 552 g/mol. The number of hydrogen-bond donors (Lipinski definition) is 1. The van der Waals surface area contributed by atoms with E-state index in [0.717, 1.165) is 11.3 Å². The summed E-state index contributed by atoms with van der Waals surface area (Å²) in [6.07, 6.45) is 8.99. The first-order valence-electron chi connectivity index (χ1n) is 13.1. The van der Waals surface area contributed by atoms with Crippen molar-refractivity contribution < 1.29 is 9.84 Å². The van der Waals surface area contributed by atoms with Gasteiger partial charge in [-0.2, -0.15) is 10.5 Å². The smallest absolute Gasteiger partial charge is 0.218 e. The van der Waals surface area contributed by atoms with Crippen LogP contribution in [0.1, 0.15) is 39.1 Å².